The highest BCUT2D eigenvalue weighted by Gasteiger charge is 2.53. The van der Waals surface area contributed by atoms with E-state index in [1.807, 2.05) is 19.1 Å². The molecule has 5 aliphatic heterocycles. The van der Waals surface area contributed by atoms with Crippen molar-refractivity contribution < 1.29 is 51.8 Å². The maximum Gasteiger partial charge on any atom is 0.258 e. The predicted octanol–water partition coefficient (Wildman–Crippen LogP) is 4.52. The van der Waals surface area contributed by atoms with Crippen LogP contribution in [0.15, 0.2) is 48.2 Å². The highest BCUT2D eigenvalue weighted by atomic mass is 32.1. The van der Waals surface area contributed by atoms with Crippen molar-refractivity contribution in [3.8, 4) is 16.2 Å². The number of carbonyl (C=O) groups is 6. The molecule has 7 N–H and O–H groups in total. The van der Waals surface area contributed by atoms with Gasteiger partial charge in [-0.1, -0.05) is 46.8 Å². The Morgan fingerprint density at radius 1 is 0.806 bits per heavy atom. The number of rotatable bonds is 25. The topological polar surface area (TPSA) is 262 Å². The number of aliphatic hydroxyl groups excluding tert-OH is 1. The summed E-state index contributed by atoms with van der Waals surface area (Å²) in [5, 5.41) is 28.7. The molecule has 2 aromatic heterocycles. The van der Waals surface area contributed by atoms with Gasteiger partial charge in [-0.05, 0) is 106 Å². The third-order valence-electron chi connectivity index (χ3n) is 19.0. The number of nitrogens with zero attached hydrogens (tertiary/aromatic N) is 9. The number of carbonyl (C=O) groups excluding carboxylic acids is 6. The number of β-amino-alcohol motifs (C(OH)–C–C–N with tert-alkyl or cyclic N) is 1. The molecule has 6 amide bonds. The highest BCUT2D eigenvalue weighted by Crippen LogP contribution is 2.41. The second kappa shape index (κ2) is 29.6. The molecule has 0 unspecified atom stereocenters. The molecule has 0 radical (unpaired) electrons. The number of likely N-dealkylation sites (tertiary alicyclic amines) is 2. The predicted molar refractivity (Wildman–Crippen MR) is 348 cm³/mol. The normalized spacial score (nSPS) is 21.0. The van der Waals surface area contributed by atoms with Crippen molar-refractivity contribution in [1.82, 2.24) is 61.1 Å². The molecule has 10 rings (SSSR count). The molecule has 6 fully saturated rings. The van der Waals surface area contributed by atoms with Crippen LogP contribution in [0.4, 0.5) is 30.5 Å². The van der Waals surface area contributed by atoms with Crippen molar-refractivity contribution in [2.24, 2.45) is 10.8 Å². The van der Waals surface area contributed by atoms with Crippen LogP contribution in [0.25, 0.3) is 10.4 Å². The van der Waals surface area contributed by atoms with Crippen molar-refractivity contribution in [3.63, 3.8) is 0 Å². The second-order valence-corrected chi connectivity index (χ2v) is 28.8. The molecule has 23 nitrogen and oxygen atoms in total. The average molecular weight is 1310 g/mol. The van der Waals surface area contributed by atoms with Crippen LogP contribution in [0.2, 0.25) is 0 Å². The number of piperidine rings is 2. The van der Waals surface area contributed by atoms with Gasteiger partial charge in [-0.2, -0.15) is 0 Å². The van der Waals surface area contributed by atoms with Gasteiger partial charge in [0.25, 0.3) is 11.8 Å². The number of hydrogen-bond acceptors (Lipinski definition) is 18. The monoisotopic (exact) mass is 1310 g/mol. The van der Waals surface area contributed by atoms with E-state index in [0.29, 0.717) is 101 Å². The summed E-state index contributed by atoms with van der Waals surface area (Å²) < 4.78 is 52.1. The average Bonchev–Trinajstić information content (AvgIpc) is 1.74. The zero-order chi connectivity index (χ0) is 66.2. The summed E-state index contributed by atoms with van der Waals surface area (Å²) in [6.45, 7) is 20.2. The van der Waals surface area contributed by atoms with Crippen molar-refractivity contribution >= 4 is 64.1 Å². The van der Waals surface area contributed by atoms with E-state index in [1.165, 1.54) is 34.7 Å². The fourth-order valence-electron chi connectivity index (χ4n) is 13.0. The van der Waals surface area contributed by atoms with Gasteiger partial charge in [0, 0.05) is 115 Å². The smallest absolute Gasteiger partial charge is 0.258 e. The summed E-state index contributed by atoms with van der Waals surface area (Å²) >= 11 is 1.46. The van der Waals surface area contributed by atoms with Crippen molar-refractivity contribution in [2.75, 3.05) is 126 Å². The van der Waals surface area contributed by atoms with E-state index >= 15 is 8.78 Å². The molecule has 3 atom stereocenters. The van der Waals surface area contributed by atoms with E-state index < -0.39 is 64.2 Å². The van der Waals surface area contributed by atoms with Crippen LogP contribution >= 0.6 is 11.3 Å². The number of amides is 6. The maximum absolute atomic E-state index is 15.8. The first-order valence-electron chi connectivity index (χ1n) is 32.8. The minimum Gasteiger partial charge on any atom is -0.483 e. The number of hydrogen-bond donors (Lipinski definition) is 7. The van der Waals surface area contributed by atoms with Gasteiger partial charge in [-0.15, -0.1) is 11.3 Å². The Hall–Kier alpha value is -7.20. The van der Waals surface area contributed by atoms with Gasteiger partial charge in [0.2, 0.25) is 23.6 Å². The molecule has 27 heteroatoms. The molecule has 0 bridgehead atoms. The summed E-state index contributed by atoms with van der Waals surface area (Å²) in [6, 6.07) is 7.73. The Bertz CT molecular complexity index is 3320. The molecule has 506 valence electrons. The number of aromatic nitrogens is 3. The number of nitrogens with one attached hydrogen (secondary N) is 6. The minimum atomic E-state index is -2.00. The number of anilines is 3. The summed E-state index contributed by atoms with van der Waals surface area (Å²) in [5.41, 5.74) is 1.22. The minimum absolute atomic E-state index is 0.0241. The first-order chi connectivity index (χ1) is 44.3. The molecule has 7 heterocycles. The largest absolute Gasteiger partial charge is 0.483 e. The first-order valence-corrected chi connectivity index (χ1v) is 33.7. The fraction of sp³-hybridized carbons (Fsp3) is 0.621. The van der Waals surface area contributed by atoms with Gasteiger partial charge in [0.05, 0.1) is 46.5 Å². The highest BCUT2D eigenvalue weighted by molar-refractivity contribution is 7.13. The van der Waals surface area contributed by atoms with Gasteiger partial charge in [0.15, 0.2) is 12.3 Å². The third-order valence-corrected chi connectivity index (χ3v) is 20.0. The lowest BCUT2D eigenvalue weighted by Crippen LogP contribution is -2.66. The number of piperazine rings is 2. The van der Waals surface area contributed by atoms with E-state index in [2.05, 4.69) is 80.3 Å². The molecule has 1 spiro atoms. The van der Waals surface area contributed by atoms with Crippen molar-refractivity contribution in [2.45, 2.75) is 142 Å². The summed E-state index contributed by atoms with van der Waals surface area (Å²) in [4.78, 5) is 106. The molecule has 4 aromatic rings. The lowest BCUT2D eigenvalue weighted by atomic mass is 9.82. The SMILES string of the molecule is Cc1ncsc1-c1ccc(CNC(=O)[C@@H]2C[C@@H](O)CN2C(=O)[C@@H](NC(=O)C2(F)CC2)C(C)(C)C)c(OCC(=O)NCCCN2CCN(CC(=O)NCCCNc3cc(N4CCC5(CC4)CN(c4cc(F)c(CN6CCC(C)(C)CC6)cc4F)CC(=O)N5)ncn3)CC2)c1. The number of aryl methyl sites for hydroxylation is 1. The summed E-state index contributed by atoms with van der Waals surface area (Å²) in [6.07, 6.45) is 5.23. The lowest BCUT2D eigenvalue weighted by Gasteiger charge is -2.48. The van der Waals surface area contributed by atoms with E-state index in [9.17, 15) is 38.3 Å². The zero-order valence-corrected chi connectivity index (χ0v) is 55.3. The van der Waals surface area contributed by atoms with Gasteiger partial charge in [-0.25, -0.2) is 28.1 Å². The Kier molecular flexibility index (Phi) is 21.9. The van der Waals surface area contributed by atoms with E-state index in [-0.39, 0.29) is 74.3 Å². The van der Waals surface area contributed by atoms with Crippen LogP contribution < -0.4 is 46.4 Å². The zero-order valence-electron chi connectivity index (χ0n) is 54.5. The number of halogens is 3. The molecule has 1 saturated carbocycles. The first kappa shape index (κ1) is 68.7. The number of alkyl halides is 1. The second-order valence-electron chi connectivity index (χ2n) is 27.9. The Morgan fingerprint density at radius 2 is 1.53 bits per heavy atom. The Labute approximate surface area is 546 Å². The van der Waals surface area contributed by atoms with Gasteiger partial charge >= 0.3 is 0 Å². The van der Waals surface area contributed by atoms with Crippen molar-refractivity contribution in [3.05, 3.63) is 76.7 Å². The third kappa shape index (κ3) is 18.0. The van der Waals surface area contributed by atoms with Crippen LogP contribution in [0.1, 0.15) is 109 Å². The maximum atomic E-state index is 15.8. The number of aliphatic hydroxyl groups is 1. The molecule has 2 aromatic carbocycles. The quantitative estimate of drug-likeness (QED) is 0.0450. The molecule has 93 heavy (non-hydrogen) atoms. The van der Waals surface area contributed by atoms with Crippen LogP contribution in [0, 0.1) is 29.4 Å². The number of thiazole rings is 1. The Balaban J connectivity index is 0.601. The van der Waals surface area contributed by atoms with E-state index in [4.69, 9.17) is 4.74 Å². The van der Waals surface area contributed by atoms with E-state index in [1.54, 1.807) is 43.3 Å². The molecular formula is C66H92F3N15O8S. The van der Waals surface area contributed by atoms with Crippen LogP contribution in [0.3, 0.4) is 0 Å². The van der Waals surface area contributed by atoms with Crippen LogP contribution in [0.5, 0.6) is 5.75 Å². The number of ether oxygens (including phenoxy) is 1. The summed E-state index contributed by atoms with van der Waals surface area (Å²) in [5.74, 6) is -1.78. The van der Waals surface area contributed by atoms with Crippen molar-refractivity contribution in [1.29, 1.82) is 0 Å². The Morgan fingerprint density at radius 3 is 2.24 bits per heavy atom. The van der Waals surface area contributed by atoms with Gasteiger partial charge in [-0.3, -0.25) is 38.6 Å². The van der Waals surface area contributed by atoms with Gasteiger partial charge < -0.3 is 61.3 Å². The summed E-state index contributed by atoms with van der Waals surface area (Å²) in [7, 11) is 0. The molecular weight excluding hydrogens is 1220 g/mol. The molecule has 1 aliphatic carbocycles. The number of benzene rings is 2. The molecule has 5 saturated heterocycles. The van der Waals surface area contributed by atoms with Crippen LogP contribution in [-0.2, 0) is 41.9 Å². The standard InChI is InChI=1S/C66H92F3N15O8S/c1-43-58(93-42-76-43)44-9-10-45(34-73-60(89)51-31-47(85)36-84(51)61(90)59(63(2,3)4)77-62(91)66(69)11-12-66)52(30-44)92-39-57(88)72-19-8-20-79-25-27-81(28-26-79)37-55(86)71-18-7-17-70-53-33-54(75-41-74-53)82-23-15-65(16-24-82)40-83(38-56(87)78-65)50-32-48(67)46(29-49(50)68)35-80-21-13-64(5,6)14-22-80/h9-10,29-30,32-33,41-42,47,51,59,85H,7-8,11-28,31,34-40H2,1-6H3,(H,71,86)(H,72,88)(H,73,89)(H,77,91)(H,78,87)(H,70,74,75)/t47-,51+,59-/m1/s1. The van der Waals surface area contributed by atoms with Crippen LogP contribution in [-0.4, -0.2) is 216 Å². The fourth-order valence-corrected chi connectivity index (χ4v) is 13.8. The van der Waals surface area contributed by atoms with Gasteiger partial charge in [0.1, 0.15) is 47.4 Å². The molecule has 6 aliphatic rings. The van der Waals surface area contributed by atoms with E-state index in [0.717, 1.165) is 80.6 Å². The lowest BCUT2D eigenvalue weighted by molar-refractivity contribution is -0.145.